The van der Waals surface area contributed by atoms with Crippen LogP contribution in [0.15, 0.2) is 63.5 Å². The van der Waals surface area contributed by atoms with Gasteiger partial charge in [0.2, 0.25) is 5.55 Å². The predicted molar refractivity (Wildman–Crippen MR) is 109 cm³/mol. The average Bonchev–Trinajstić information content (AvgIpc) is 3.16. The lowest BCUT2D eigenvalue weighted by Crippen LogP contribution is -2.21. The molecule has 4 aromatic rings. The summed E-state index contributed by atoms with van der Waals surface area (Å²) in [5, 5.41) is 15.8. The molecule has 0 atom stereocenters. The summed E-state index contributed by atoms with van der Waals surface area (Å²) in [5.41, 5.74) is 2.17. The number of phenols is 1. The Balaban J connectivity index is 1.90. The zero-order valence-corrected chi connectivity index (χ0v) is 16.2. The third kappa shape index (κ3) is 3.76. The molecule has 0 saturated carbocycles. The van der Waals surface area contributed by atoms with Crippen molar-refractivity contribution in [1.82, 2.24) is 4.98 Å². The number of aromatic nitrogens is 1. The maximum atomic E-state index is 12.8. The van der Waals surface area contributed by atoms with Crippen LogP contribution in [0.5, 0.6) is 5.75 Å². The van der Waals surface area contributed by atoms with Crippen molar-refractivity contribution in [2.45, 2.75) is 6.92 Å². The maximum absolute atomic E-state index is 12.8. The van der Waals surface area contributed by atoms with Crippen LogP contribution in [0.2, 0.25) is 5.02 Å². The van der Waals surface area contributed by atoms with Crippen LogP contribution in [0.1, 0.15) is 15.9 Å². The second-order valence-electron chi connectivity index (χ2n) is 6.05. The van der Waals surface area contributed by atoms with Crippen molar-refractivity contribution in [2.24, 2.45) is 4.99 Å². The number of rotatable bonds is 3. The first-order chi connectivity index (χ1) is 13.5. The number of aromatic hydroxyl groups is 1. The number of phenolic OH excluding ortho intramolecular Hbond substituents is 1. The number of hydrogen-bond acceptors (Lipinski definition) is 6. The van der Waals surface area contributed by atoms with Gasteiger partial charge in [0.05, 0.1) is 10.7 Å². The molecule has 0 bridgehead atoms. The molecule has 2 heterocycles. The summed E-state index contributed by atoms with van der Waals surface area (Å²) in [6, 6.07) is 11.7. The number of amides is 1. The van der Waals surface area contributed by atoms with Crippen molar-refractivity contribution in [3.05, 3.63) is 75.7 Å². The van der Waals surface area contributed by atoms with E-state index in [0.29, 0.717) is 26.8 Å². The fourth-order valence-corrected chi connectivity index (χ4v) is 3.42. The van der Waals surface area contributed by atoms with Gasteiger partial charge in [-0.2, -0.15) is 0 Å². The van der Waals surface area contributed by atoms with E-state index >= 15 is 0 Å². The van der Waals surface area contributed by atoms with Crippen LogP contribution in [0.3, 0.4) is 0 Å². The minimum Gasteiger partial charge on any atom is -0.508 e. The van der Waals surface area contributed by atoms with Crippen LogP contribution >= 0.6 is 22.9 Å². The Morgan fingerprint density at radius 1 is 1.25 bits per heavy atom. The lowest BCUT2D eigenvalue weighted by Gasteiger charge is -2.06. The van der Waals surface area contributed by atoms with Gasteiger partial charge in [0.25, 0.3) is 5.91 Å². The van der Waals surface area contributed by atoms with Gasteiger partial charge in [0, 0.05) is 23.0 Å². The topological polar surface area (TPSA) is 87.7 Å². The highest BCUT2D eigenvalue weighted by Crippen LogP contribution is 2.26. The SMILES string of the molecule is Cc1ccc(N=c2oc3cc(O)ccc3cc2C(=O)Nc2nccs2)c(Cl)c1. The Bertz CT molecular complexity index is 1250. The average molecular weight is 412 g/mol. The Hall–Kier alpha value is -3.16. The first kappa shape index (κ1) is 18.2. The molecular formula is C20H14ClN3O3S. The van der Waals surface area contributed by atoms with Crippen molar-refractivity contribution in [1.29, 1.82) is 0 Å². The van der Waals surface area contributed by atoms with Crippen molar-refractivity contribution in [3.63, 3.8) is 0 Å². The molecule has 140 valence electrons. The van der Waals surface area contributed by atoms with Gasteiger partial charge in [-0.3, -0.25) is 10.1 Å². The number of halogens is 1. The molecule has 4 rings (SSSR count). The number of thiazole rings is 1. The van der Waals surface area contributed by atoms with Gasteiger partial charge in [-0.25, -0.2) is 9.98 Å². The molecule has 0 aliphatic carbocycles. The van der Waals surface area contributed by atoms with Gasteiger partial charge in [-0.05, 0) is 42.8 Å². The molecule has 2 aromatic carbocycles. The number of carbonyl (C=O) groups excluding carboxylic acids is 1. The predicted octanol–water partition coefficient (Wildman–Crippen LogP) is 5.04. The largest absolute Gasteiger partial charge is 0.508 e. The van der Waals surface area contributed by atoms with Gasteiger partial charge in [-0.1, -0.05) is 17.7 Å². The first-order valence-electron chi connectivity index (χ1n) is 8.28. The second kappa shape index (κ2) is 7.46. The lowest BCUT2D eigenvalue weighted by atomic mass is 10.1. The summed E-state index contributed by atoms with van der Waals surface area (Å²) in [7, 11) is 0. The van der Waals surface area contributed by atoms with Crippen LogP contribution in [0.25, 0.3) is 11.0 Å². The maximum Gasteiger partial charge on any atom is 0.262 e. The van der Waals surface area contributed by atoms with Crippen LogP contribution < -0.4 is 10.9 Å². The fraction of sp³-hybridized carbons (Fsp3) is 0.0500. The minimum absolute atomic E-state index is 0.0514. The summed E-state index contributed by atoms with van der Waals surface area (Å²) in [4.78, 5) is 21.3. The first-order valence-corrected chi connectivity index (χ1v) is 9.54. The zero-order chi connectivity index (χ0) is 19.7. The number of benzene rings is 2. The number of anilines is 1. The van der Waals surface area contributed by atoms with E-state index in [2.05, 4.69) is 15.3 Å². The molecule has 0 saturated heterocycles. The van der Waals surface area contributed by atoms with E-state index in [1.54, 1.807) is 35.8 Å². The van der Waals surface area contributed by atoms with Crippen LogP contribution in [0, 0.1) is 6.92 Å². The number of fused-ring (bicyclic) bond motifs is 1. The number of hydrogen-bond donors (Lipinski definition) is 2. The van der Waals surface area contributed by atoms with Crippen LogP contribution in [-0.4, -0.2) is 16.0 Å². The van der Waals surface area contributed by atoms with Gasteiger partial charge < -0.3 is 9.52 Å². The lowest BCUT2D eigenvalue weighted by molar-refractivity contribution is 0.102. The molecule has 28 heavy (non-hydrogen) atoms. The van der Waals surface area contributed by atoms with E-state index in [1.165, 1.54) is 23.5 Å². The number of nitrogens with one attached hydrogen (secondary N) is 1. The molecular weight excluding hydrogens is 398 g/mol. The highest BCUT2D eigenvalue weighted by Gasteiger charge is 2.15. The van der Waals surface area contributed by atoms with Crippen molar-refractivity contribution >= 4 is 50.6 Å². The number of nitrogens with zero attached hydrogens (tertiary/aromatic N) is 2. The molecule has 2 N–H and O–H groups in total. The third-order valence-corrected chi connectivity index (χ3v) is 4.95. The second-order valence-corrected chi connectivity index (χ2v) is 7.35. The molecule has 0 unspecified atom stereocenters. The van der Waals surface area contributed by atoms with Crippen molar-refractivity contribution in [3.8, 4) is 5.75 Å². The van der Waals surface area contributed by atoms with Gasteiger partial charge in [-0.15, -0.1) is 11.3 Å². The van der Waals surface area contributed by atoms with Crippen molar-refractivity contribution < 1.29 is 14.3 Å². The normalized spacial score (nSPS) is 11.7. The molecule has 0 aliphatic rings. The quantitative estimate of drug-likeness (QED) is 0.494. The molecule has 0 aliphatic heterocycles. The monoisotopic (exact) mass is 411 g/mol. The summed E-state index contributed by atoms with van der Waals surface area (Å²) >= 11 is 7.59. The fourth-order valence-electron chi connectivity index (χ4n) is 2.61. The Morgan fingerprint density at radius 2 is 2.11 bits per heavy atom. The van der Waals surface area contributed by atoms with Crippen LogP contribution in [-0.2, 0) is 0 Å². The summed E-state index contributed by atoms with van der Waals surface area (Å²) in [6.45, 7) is 1.92. The van der Waals surface area contributed by atoms with E-state index < -0.39 is 5.91 Å². The van der Waals surface area contributed by atoms with Gasteiger partial charge in [0.15, 0.2) is 5.13 Å². The minimum atomic E-state index is -0.407. The third-order valence-electron chi connectivity index (χ3n) is 3.96. The Morgan fingerprint density at radius 3 is 2.86 bits per heavy atom. The van der Waals surface area contributed by atoms with E-state index in [4.69, 9.17) is 16.0 Å². The summed E-state index contributed by atoms with van der Waals surface area (Å²) < 4.78 is 5.84. The van der Waals surface area contributed by atoms with E-state index in [-0.39, 0.29) is 16.9 Å². The molecule has 2 aromatic heterocycles. The van der Waals surface area contributed by atoms with Gasteiger partial charge >= 0.3 is 0 Å². The highest BCUT2D eigenvalue weighted by molar-refractivity contribution is 7.13. The summed E-state index contributed by atoms with van der Waals surface area (Å²) in [5.74, 6) is -0.355. The van der Waals surface area contributed by atoms with Gasteiger partial charge in [0.1, 0.15) is 16.9 Å². The van der Waals surface area contributed by atoms with E-state index in [1.807, 2.05) is 13.0 Å². The zero-order valence-electron chi connectivity index (χ0n) is 14.6. The smallest absolute Gasteiger partial charge is 0.262 e. The molecule has 6 nitrogen and oxygen atoms in total. The molecule has 0 fully saturated rings. The molecule has 1 amide bonds. The van der Waals surface area contributed by atoms with E-state index in [9.17, 15) is 9.90 Å². The van der Waals surface area contributed by atoms with E-state index in [0.717, 1.165) is 5.56 Å². The Labute approximate surface area is 168 Å². The number of carbonyl (C=O) groups is 1. The Kier molecular flexibility index (Phi) is 4.85. The molecule has 0 radical (unpaired) electrons. The van der Waals surface area contributed by atoms with Crippen molar-refractivity contribution in [2.75, 3.05) is 5.32 Å². The number of aryl methyl sites for hydroxylation is 1. The molecule has 0 spiro atoms. The standard InChI is InChI=1S/C20H14ClN3O3S/c1-11-2-5-16(15(21)8-11)23-19-14(18(26)24-20-22-6-7-28-20)9-12-3-4-13(25)10-17(12)27-19/h2-10,25H,1H3,(H,22,24,26). The molecule has 8 heteroatoms. The summed E-state index contributed by atoms with van der Waals surface area (Å²) in [6.07, 6.45) is 1.60. The highest BCUT2D eigenvalue weighted by atomic mass is 35.5. The van der Waals surface area contributed by atoms with Crippen LogP contribution in [0.4, 0.5) is 10.8 Å².